The fraction of sp³-hybridized carbons (Fsp3) is 0.467. The van der Waals surface area contributed by atoms with Crippen LogP contribution in [0.1, 0.15) is 17.0 Å². The molecule has 0 saturated heterocycles. The third kappa shape index (κ3) is 4.47. The Labute approximate surface area is 129 Å². The molecule has 0 fully saturated rings. The minimum absolute atomic E-state index is 0.589. The van der Waals surface area contributed by atoms with Crippen molar-refractivity contribution in [2.45, 2.75) is 32.5 Å². The number of rotatable bonds is 7. The second kappa shape index (κ2) is 7.47. The van der Waals surface area contributed by atoms with Crippen LogP contribution in [0.25, 0.3) is 0 Å². The molecule has 1 aromatic carbocycles. The summed E-state index contributed by atoms with van der Waals surface area (Å²) in [5.41, 5.74) is 8.04. The minimum atomic E-state index is 0.589. The summed E-state index contributed by atoms with van der Waals surface area (Å²) < 4.78 is 7.84. The average Bonchev–Trinajstić information content (AvgIpc) is 2.76. The normalized spacial score (nSPS) is 10.9. The summed E-state index contributed by atoms with van der Waals surface area (Å²) in [7, 11) is 0. The fourth-order valence-electron chi connectivity index (χ4n) is 2.16. The van der Waals surface area contributed by atoms with Crippen LogP contribution in [0, 0.1) is 20.8 Å². The van der Waals surface area contributed by atoms with Crippen LogP contribution in [0.15, 0.2) is 23.4 Å². The highest BCUT2D eigenvalue weighted by Crippen LogP contribution is 2.19. The third-order valence-electron chi connectivity index (χ3n) is 3.03. The van der Waals surface area contributed by atoms with E-state index in [2.05, 4.69) is 42.2 Å². The summed E-state index contributed by atoms with van der Waals surface area (Å²) in [5.74, 6) is 2.65. The van der Waals surface area contributed by atoms with Gasteiger partial charge in [-0.1, -0.05) is 17.8 Å². The first kappa shape index (κ1) is 15.9. The molecule has 0 radical (unpaired) electrons. The molecule has 0 aliphatic rings. The molecule has 1 aromatic heterocycles. The molecule has 1 heterocycles. The zero-order chi connectivity index (χ0) is 15.2. The molecule has 0 saturated carbocycles. The van der Waals surface area contributed by atoms with E-state index in [1.54, 1.807) is 11.8 Å². The first-order valence-corrected chi connectivity index (χ1v) is 8.02. The maximum absolute atomic E-state index is 5.79. The second-order valence-electron chi connectivity index (χ2n) is 4.99. The van der Waals surface area contributed by atoms with Crippen molar-refractivity contribution >= 4 is 11.8 Å². The molecule has 2 N–H and O–H groups in total. The summed E-state index contributed by atoms with van der Waals surface area (Å²) in [6.07, 6.45) is 0. The topological polar surface area (TPSA) is 66.0 Å². The smallest absolute Gasteiger partial charge is 0.191 e. The van der Waals surface area contributed by atoms with E-state index in [1.165, 1.54) is 11.1 Å². The van der Waals surface area contributed by atoms with Crippen molar-refractivity contribution < 1.29 is 4.74 Å². The third-order valence-corrected chi connectivity index (χ3v) is 3.96. The summed E-state index contributed by atoms with van der Waals surface area (Å²) in [4.78, 5) is 0. The van der Waals surface area contributed by atoms with Gasteiger partial charge in [-0.25, -0.2) is 0 Å². The van der Waals surface area contributed by atoms with Crippen LogP contribution >= 0.6 is 11.8 Å². The maximum Gasteiger partial charge on any atom is 0.191 e. The molecular weight excluding hydrogens is 284 g/mol. The Morgan fingerprint density at radius 1 is 1.14 bits per heavy atom. The van der Waals surface area contributed by atoms with E-state index < -0.39 is 0 Å². The predicted octanol–water partition coefficient (Wildman–Crippen LogP) is 2.33. The summed E-state index contributed by atoms with van der Waals surface area (Å²) in [6, 6.07) is 6.25. The number of aryl methyl sites for hydroxylation is 3. The molecule has 0 aliphatic carbocycles. The molecule has 2 aromatic rings. The second-order valence-corrected chi connectivity index (χ2v) is 6.05. The van der Waals surface area contributed by atoms with E-state index >= 15 is 0 Å². The molecule has 21 heavy (non-hydrogen) atoms. The van der Waals surface area contributed by atoms with Crippen molar-refractivity contribution in [3.05, 3.63) is 35.2 Å². The van der Waals surface area contributed by atoms with Crippen molar-refractivity contribution in [1.29, 1.82) is 0 Å². The van der Waals surface area contributed by atoms with Gasteiger partial charge in [0, 0.05) is 18.8 Å². The van der Waals surface area contributed by atoms with Gasteiger partial charge in [0.25, 0.3) is 0 Å². The zero-order valence-electron chi connectivity index (χ0n) is 12.8. The van der Waals surface area contributed by atoms with Crippen molar-refractivity contribution in [1.82, 2.24) is 14.8 Å². The summed E-state index contributed by atoms with van der Waals surface area (Å²) in [5, 5.41) is 9.17. The molecular formula is C15H22N4OS. The maximum atomic E-state index is 5.79. The van der Waals surface area contributed by atoms with Gasteiger partial charge in [-0.15, -0.1) is 10.2 Å². The highest BCUT2D eigenvalue weighted by Gasteiger charge is 2.08. The van der Waals surface area contributed by atoms with Crippen LogP contribution in [-0.2, 0) is 6.54 Å². The van der Waals surface area contributed by atoms with Crippen LogP contribution in [0.4, 0.5) is 0 Å². The van der Waals surface area contributed by atoms with E-state index in [-0.39, 0.29) is 0 Å². The largest absolute Gasteiger partial charge is 0.493 e. The Morgan fingerprint density at radius 2 is 1.86 bits per heavy atom. The van der Waals surface area contributed by atoms with Gasteiger partial charge in [-0.05, 0) is 44.0 Å². The molecule has 0 aliphatic heterocycles. The monoisotopic (exact) mass is 306 g/mol. The Kier molecular flexibility index (Phi) is 5.64. The van der Waals surface area contributed by atoms with Crippen LogP contribution in [0.2, 0.25) is 0 Å². The lowest BCUT2D eigenvalue weighted by molar-refractivity contribution is 0.343. The number of ether oxygens (including phenoxy) is 1. The van der Waals surface area contributed by atoms with Gasteiger partial charge < -0.3 is 15.0 Å². The Bertz CT molecular complexity index is 577. The van der Waals surface area contributed by atoms with Crippen LogP contribution in [-0.4, -0.2) is 33.7 Å². The van der Waals surface area contributed by atoms with Crippen molar-refractivity contribution in [2.75, 3.05) is 18.9 Å². The standard InChI is InChI=1S/C15H22N4OS/c1-11-8-12(2)10-14(9-11)20-6-7-21-15-18-17-13(3)19(15)5-4-16/h8-10H,4-7,16H2,1-3H3. The number of hydrogen-bond donors (Lipinski definition) is 1. The summed E-state index contributed by atoms with van der Waals surface area (Å²) >= 11 is 1.64. The molecule has 2 rings (SSSR count). The molecule has 0 unspecified atom stereocenters. The van der Waals surface area contributed by atoms with Crippen molar-refractivity contribution in [3.63, 3.8) is 0 Å². The quantitative estimate of drug-likeness (QED) is 0.628. The number of nitrogens with two attached hydrogens (primary N) is 1. The molecule has 0 amide bonds. The molecule has 114 valence electrons. The lowest BCUT2D eigenvalue weighted by Gasteiger charge is -2.09. The van der Waals surface area contributed by atoms with Gasteiger partial charge in [-0.3, -0.25) is 0 Å². The number of nitrogens with zero attached hydrogens (tertiary/aromatic N) is 3. The van der Waals surface area contributed by atoms with E-state index in [0.29, 0.717) is 13.2 Å². The molecule has 0 atom stereocenters. The van der Waals surface area contributed by atoms with Crippen LogP contribution in [0.5, 0.6) is 5.75 Å². The van der Waals surface area contributed by atoms with Gasteiger partial charge in [0.15, 0.2) is 5.16 Å². The van der Waals surface area contributed by atoms with Gasteiger partial charge in [0.1, 0.15) is 11.6 Å². The Balaban J connectivity index is 1.84. The molecule has 0 spiro atoms. The average molecular weight is 306 g/mol. The Morgan fingerprint density at radius 3 is 2.52 bits per heavy atom. The van der Waals surface area contributed by atoms with Gasteiger partial charge in [0.2, 0.25) is 0 Å². The number of benzene rings is 1. The molecule has 6 heteroatoms. The predicted molar refractivity (Wildman–Crippen MR) is 85.9 cm³/mol. The van der Waals surface area contributed by atoms with Crippen molar-refractivity contribution in [3.8, 4) is 5.75 Å². The Hall–Kier alpha value is -1.53. The molecule has 5 nitrogen and oxygen atoms in total. The number of hydrogen-bond acceptors (Lipinski definition) is 5. The van der Waals surface area contributed by atoms with Gasteiger partial charge in [-0.2, -0.15) is 0 Å². The van der Waals surface area contributed by atoms with E-state index in [1.807, 2.05) is 11.5 Å². The van der Waals surface area contributed by atoms with E-state index in [9.17, 15) is 0 Å². The van der Waals surface area contributed by atoms with Gasteiger partial charge >= 0.3 is 0 Å². The van der Waals surface area contributed by atoms with Crippen molar-refractivity contribution in [2.24, 2.45) is 5.73 Å². The highest BCUT2D eigenvalue weighted by atomic mass is 32.2. The zero-order valence-corrected chi connectivity index (χ0v) is 13.6. The number of thioether (sulfide) groups is 1. The van der Waals surface area contributed by atoms with Crippen LogP contribution in [0.3, 0.4) is 0 Å². The first-order chi connectivity index (χ1) is 10.1. The lowest BCUT2D eigenvalue weighted by atomic mass is 10.1. The minimum Gasteiger partial charge on any atom is -0.493 e. The highest BCUT2D eigenvalue weighted by molar-refractivity contribution is 7.99. The van der Waals surface area contributed by atoms with E-state index in [0.717, 1.165) is 29.0 Å². The number of aromatic nitrogens is 3. The molecule has 0 bridgehead atoms. The SMILES string of the molecule is Cc1cc(C)cc(OCCSc2nnc(C)n2CCN)c1. The fourth-order valence-corrected chi connectivity index (χ4v) is 2.99. The van der Waals surface area contributed by atoms with Gasteiger partial charge in [0.05, 0.1) is 6.61 Å². The first-order valence-electron chi connectivity index (χ1n) is 7.04. The lowest BCUT2D eigenvalue weighted by Crippen LogP contribution is -2.12. The van der Waals surface area contributed by atoms with E-state index in [4.69, 9.17) is 10.5 Å². The summed E-state index contributed by atoms with van der Waals surface area (Å²) in [6.45, 7) is 8.07. The van der Waals surface area contributed by atoms with Crippen LogP contribution < -0.4 is 10.5 Å².